The highest BCUT2D eigenvalue weighted by Crippen LogP contribution is 2.48. The van der Waals surface area contributed by atoms with Gasteiger partial charge in [0.1, 0.15) is 0 Å². The molecule has 112 valence electrons. The summed E-state index contributed by atoms with van der Waals surface area (Å²) in [5.74, 6) is 0.236. The van der Waals surface area contributed by atoms with Crippen molar-refractivity contribution in [2.24, 2.45) is 0 Å². The fourth-order valence-electron chi connectivity index (χ4n) is 3.03. The van der Waals surface area contributed by atoms with Crippen molar-refractivity contribution in [3.05, 3.63) is 29.8 Å². The molecule has 1 unspecified atom stereocenters. The van der Waals surface area contributed by atoms with E-state index in [9.17, 15) is 9.59 Å². The molecule has 0 spiro atoms. The van der Waals surface area contributed by atoms with Crippen LogP contribution in [-0.4, -0.2) is 36.3 Å². The number of carbonyl (C=O) groups is 2. The Morgan fingerprint density at radius 3 is 2.57 bits per heavy atom. The molecule has 1 atom stereocenters. The maximum absolute atomic E-state index is 12.6. The first kappa shape index (κ1) is 13.9. The largest absolute Gasteiger partial charge is 0.399 e. The van der Waals surface area contributed by atoms with Crippen molar-refractivity contribution in [3.63, 3.8) is 0 Å². The molecule has 5 nitrogen and oxygen atoms in total. The molecule has 1 saturated carbocycles. The van der Waals surface area contributed by atoms with Crippen LogP contribution < -0.4 is 11.1 Å². The van der Waals surface area contributed by atoms with Crippen LogP contribution >= 0.6 is 0 Å². The monoisotopic (exact) mass is 287 g/mol. The molecular weight excluding hydrogens is 266 g/mol. The number of nitrogen functional groups attached to an aromatic ring is 1. The average Bonchev–Trinajstić information content (AvgIpc) is 3.25. The predicted octanol–water partition coefficient (Wildman–Crippen LogP) is 1.04. The van der Waals surface area contributed by atoms with Gasteiger partial charge in [0, 0.05) is 31.7 Å². The first-order valence-corrected chi connectivity index (χ1v) is 7.42. The number of piperidine rings is 1. The van der Waals surface area contributed by atoms with Gasteiger partial charge in [-0.15, -0.1) is 0 Å². The van der Waals surface area contributed by atoms with Crippen LogP contribution in [0.2, 0.25) is 0 Å². The Hall–Kier alpha value is -2.04. The number of nitrogens with one attached hydrogen (secondary N) is 1. The van der Waals surface area contributed by atoms with E-state index >= 15 is 0 Å². The number of likely N-dealkylation sites (tertiary alicyclic amines) is 1. The Morgan fingerprint density at radius 2 is 2.00 bits per heavy atom. The van der Waals surface area contributed by atoms with Crippen molar-refractivity contribution in [2.45, 2.75) is 37.1 Å². The van der Waals surface area contributed by atoms with Crippen LogP contribution in [0, 0.1) is 0 Å². The molecule has 1 aromatic carbocycles. The first-order valence-electron chi connectivity index (χ1n) is 7.42. The summed E-state index contributed by atoms with van der Waals surface area (Å²) < 4.78 is 0. The third kappa shape index (κ3) is 2.60. The summed E-state index contributed by atoms with van der Waals surface area (Å²) in [6.45, 7) is 0.600. The van der Waals surface area contributed by atoms with Gasteiger partial charge in [0.05, 0.1) is 5.41 Å². The first-order chi connectivity index (χ1) is 10.0. The molecule has 1 saturated heterocycles. The Bertz CT molecular complexity index is 563. The molecule has 1 heterocycles. The molecule has 21 heavy (non-hydrogen) atoms. The average molecular weight is 287 g/mol. The number of likely N-dealkylation sites (N-methyl/N-ethyl adjacent to an activating group) is 1. The number of hydrogen-bond acceptors (Lipinski definition) is 3. The maximum atomic E-state index is 12.6. The van der Waals surface area contributed by atoms with Crippen LogP contribution in [-0.2, 0) is 15.0 Å². The van der Waals surface area contributed by atoms with Crippen LogP contribution in [0.4, 0.5) is 5.69 Å². The van der Waals surface area contributed by atoms with E-state index in [-0.39, 0.29) is 23.3 Å². The van der Waals surface area contributed by atoms with Crippen LogP contribution in [0.5, 0.6) is 0 Å². The van der Waals surface area contributed by atoms with Crippen LogP contribution in [0.25, 0.3) is 0 Å². The Morgan fingerprint density at radius 1 is 1.33 bits per heavy atom. The van der Waals surface area contributed by atoms with Crippen LogP contribution in [0.15, 0.2) is 24.3 Å². The summed E-state index contributed by atoms with van der Waals surface area (Å²) >= 11 is 0. The van der Waals surface area contributed by atoms with Gasteiger partial charge in [0.2, 0.25) is 11.8 Å². The summed E-state index contributed by atoms with van der Waals surface area (Å²) in [4.78, 5) is 25.8. The third-order valence-corrected chi connectivity index (χ3v) is 4.61. The molecule has 0 radical (unpaired) electrons. The lowest BCUT2D eigenvalue weighted by Gasteiger charge is -2.31. The number of nitrogens with zero attached hydrogens (tertiary/aromatic N) is 1. The number of nitrogens with two attached hydrogens (primary N) is 1. The zero-order chi connectivity index (χ0) is 15.0. The summed E-state index contributed by atoms with van der Waals surface area (Å²) in [5.41, 5.74) is 7.07. The molecule has 1 aliphatic carbocycles. The number of anilines is 1. The maximum Gasteiger partial charge on any atom is 0.230 e. The minimum atomic E-state index is -0.381. The minimum absolute atomic E-state index is 0.0615. The van der Waals surface area contributed by atoms with Crippen molar-refractivity contribution in [3.8, 4) is 0 Å². The normalized spacial score (nSPS) is 23.8. The summed E-state index contributed by atoms with van der Waals surface area (Å²) in [5, 5.41) is 3.12. The number of carbonyl (C=O) groups excluding carboxylic acids is 2. The molecule has 0 aromatic heterocycles. The molecule has 1 aliphatic heterocycles. The van der Waals surface area contributed by atoms with Gasteiger partial charge >= 0.3 is 0 Å². The number of rotatable bonds is 3. The number of amides is 2. The number of hydrogen-bond donors (Lipinski definition) is 2. The highest BCUT2D eigenvalue weighted by molar-refractivity contribution is 5.91. The van der Waals surface area contributed by atoms with E-state index in [1.165, 1.54) is 0 Å². The fourth-order valence-corrected chi connectivity index (χ4v) is 3.03. The SMILES string of the molecule is CN1CC(NC(=O)C2(c3ccc(N)cc3)CC2)CCC1=O. The summed E-state index contributed by atoms with van der Waals surface area (Å²) in [7, 11) is 1.79. The van der Waals surface area contributed by atoms with Crippen molar-refractivity contribution in [1.29, 1.82) is 0 Å². The van der Waals surface area contributed by atoms with E-state index in [0.29, 0.717) is 18.7 Å². The lowest BCUT2D eigenvalue weighted by atomic mass is 9.93. The van der Waals surface area contributed by atoms with Crippen molar-refractivity contribution < 1.29 is 9.59 Å². The molecule has 5 heteroatoms. The molecular formula is C16H21N3O2. The molecule has 2 amide bonds. The van der Waals surface area contributed by atoms with Gasteiger partial charge in [0.25, 0.3) is 0 Å². The summed E-state index contributed by atoms with van der Waals surface area (Å²) in [6, 6.07) is 7.63. The van der Waals surface area contributed by atoms with Gasteiger partial charge < -0.3 is 16.0 Å². The summed E-state index contributed by atoms with van der Waals surface area (Å²) in [6.07, 6.45) is 3.00. The minimum Gasteiger partial charge on any atom is -0.399 e. The quantitative estimate of drug-likeness (QED) is 0.816. The molecule has 0 bridgehead atoms. The lowest BCUT2D eigenvalue weighted by Crippen LogP contribution is -2.50. The van der Waals surface area contributed by atoms with E-state index < -0.39 is 0 Å². The van der Waals surface area contributed by atoms with Crippen molar-refractivity contribution in [1.82, 2.24) is 10.2 Å². The molecule has 2 fully saturated rings. The van der Waals surface area contributed by atoms with Crippen LogP contribution in [0.1, 0.15) is 31.2 Å². The highest BCUT2D eigenvalue weighted by Gasteiger charge is 2.51. The Balaban J connectivity index is 1.68. The van der Waals surface area contributed by atoms with Crippen molar-refractivity contribution >= 4 is 17.5 Å². The van der Waals surface area contributed by atoms with E-state index in [1.54, 1.807) is 11.9 Å². The second-order valence-corrected chi connectivity index (χ2v) is 6.19. The standard InChI is InChI=1S/C16H21N3O2/c1-19-10-13(6-7-14(19)20)18-15(21)16(8-9-16)11-2-4-12(17)5-3-11/h2-5,13H,6-10,17H2,1H3,(H,18,21). The third-order valence-electron chi connectivity index (χ3n) is 4.61. The van der Waals surface area contributed by atoms with E-state index in [0.717, 1.165) is 24.8 Å². The topological polar surface area (TPSA) is 75.4 Å². The smallest absolute Gasteiger partial charge is 0.230 e. The van der Waals surface area contributed by atoms with E-state index in [1.807, 2.05) is 24.3 Å². The fraction of sp³-hybridized carbons (Fsp3) is 0.500. The second kappa shape index (κ2) is 5.06. The van der Waals surface area contributed by atoms with Crippen molar-refractivity contribution in [2.75, 3.05) is 19.3 Å². The van der Waals surface area contributed by atoms with Gasteiger partial charge in [-0.05, 0) is 37.0 Å². The van der Waals surface area contributed by atoms with Gasteiger partial charge in [0.15, 0.2) is 0 Å². The Labute approximate surface area is 124 Å². The van der Waals surface area contributed by atoms with Gasteiger partial charge in [-0.3, -0.25) is 9.59 Å². The van der Waals surface area contributed by atoms with E-state index in [4.69, 9.17) is 5.73 Å². The highest BCUT2D eigenvalue weighted by atomic mass is 16.2. The second-order valence-electron chi connectivity index (χ2n) is 6.19. The molecule has 2 aliphatic rings. The predicted molar refractivity (Wildman–Crippen MR) is 80.6 cm³/mol. The van der Waals surface area contributed by atoms with E-state index in [2.05, 4.69) is 5.32 Å². The van der Waals surface area contributed by atoms with Crippen LogP contribution in [0.3, 0.4) is 0 Å². The lowest BCUT2D eigenvalue weighted by molar-refractivity contribution is -0.134. The van der Waals surface area contributed by atoms with Gasteiger partial charge in [-0.25, -0.2) is 0 Å². The van der Waals surface area contributed by atoms with Gasteiger partial charge in [-0.1, -0.05) is 12.1 Å². The molecule has 1 aromatic rings. The van der Waals surface area contributed by atoms with Gasteiger partial charge in [-0.2, -0.15) is 0 Å². The zero-order valence-corrected chi connectivity index (χ0v) is 12.3. The molecule has 3 rings (SSSR count). The zero-order valence-electron chi connectivity index (χ0n) is 12.3. The Kier molecular flexibility index (Phi) is 3.35. The molecule has 3 N–H and O–H groups in total. The number of benzene rings is 1.